The summed E-state index contributed by atoms with van der Waals surface area (Å²) in [7, 11) is 0. The topological polar surface area (TPSA) is 43.1 Å². The van der Waals surface area contributed by atoms with Gasteiger partial charge in [-0.25, -0.2) is 0 Å². The summed E-state index contributed by atoms with van der Waals surface area (Å²) >= 11 is 3.33. The maximum absolute atomic E-state index is 10.6. The van der Waals surface area contributed by atoms with Crippen molar-refractivity contribution in [3.8, 4) is 0 Å². The number of nitrogens with zero attached hydrogens (tertiary/aromatic N) is 1. The van der Waals surface area contributed by atoms with Crippen LogP contribution in [0.2, 0.25) is 0 Å². The van der Waals surface area contributed by atoms with E-state index in [4.69, 9.17) is 0 Å². The fourth-order valence-electron chi connectivity index (χ4n) is 1.28. The molecule has 3 nitrogen and oxygen atoms in total. The summed E-state index contributed by atoms with van der Waals surface area (Å²) < 4.78 is 0. The van der Waals surface area contributed by atoms with Gasteiger partial charge in [0, 0.05) is 17.0 Å². The van der Waals surface area contributed by atoms with Crippen LogP contribution in [-0.2, 0) is 6.42 Å². The van der Waals surface area contributed by atoms with Gasteiger partial charge in [-0.15, -0.1) is 0 Å². The van der Waals surface area contributed by atoms with E-state index in [1.165, 1.54) is 0 Å². The highest BCUT2D eigenvalue weighted by molar-refractivity contribution is 9.09. The predicted molar refractivity (Wildman–Crippen MR) is 59.9 cm³/mol. The maximum Gasteiger partial charge on any atom is 0.272 e. The number of nitro benzene ring substituents is 1. The van der Waals surface area contributed by atoms with Gasteiger partial charge in [-0.1, -0.05) is 28.1 Å². The molecule has 0 spiro atoms. The average molecular weight is 258 g/mol. The summed E-state index contributed by atoms with van der Waals surface area (Å²) in [5, 5.41) is 11.6. The molecule has 0 aromatic heterocycles. The number of hydrogen-bond donors (Lipinski definition) is 0. The van der Waals surface area contributed by atoms with E-state index in [0.717, 1.165) is 29.3 Å². The van der Waals surface area contributed by atoms with Gasteiger partial charge >= 0.3 is 0 Å². The predicted octanol–water partition coefficient (Wildman–Crippen LogP) is 3.23. The molecule has 0 aliphatic rings. The molecular weight excluding hydrogens is 246 g/mol. The Balaban J connectivity index is 2.89. The van der Waals surface area contributed by atoms with Crippen molar-refractivity contribution in [2.45, 2.75) is 19.8 Å². The minimum absolute atomic E-state index is 0.220. The lowest BCUT2D eigenvalue weighted by Crippen LogP contribution is -1.94. The number of nitro groups is 1. The van der Waals surface area contributed by atoms with Crippen LogP contribution >= 0.6 is 15.9 Å². The van der Waals surface area contributed by atoms with Crippen LogP contribution in [0.15, 0.2) is 18.2 Å². The molecule has 1 aromatic carbocycles. The highest BCUT2D eigenvalue weighted by Crippen LogP contribution is 2.20. The maximum atomic E-state index is 10.6. The van der Waals surface area contributed by atoms with E-state index in [-0.39, 0.29) is 10.6 Å². The van der Waals surface area contributed by atoms with Crippen LogP contribution in [-0.4, -0.2) is 10.3 Å². The highest BCUT2D eigenvalue weighted by Gasteiger charge is 2.10. The average Bonchev–Trinajstić information content (AvgIpc) is 2.16. The molecule has 14 heavy (non-hydrogen) atoms. The lowest BCUT2D eigenvalue weighted by molar-refractivity contribution is -0.385. The number of alkyl halides is 1. The first-order chi connectivity index (χ1) is 6.65. The van der Waals surface area contributed by atoms with Gasteiger partial charge in [0.15, 0.2) is 0 Å². The SMILES string of the molecule is Cc1ccc(CCCBr)cc1[N+](=O)[O-]. The van der Waals surface area contributed by atoms with E-state index in [1.54, 1.807) is 13.0 Å². The minimum Gasteiger partial charge on any atom is -0.258 e. The van der Waals surface area contributed by atoms with Crippen molar-refractivity contribution < 1.29 is 4.92 Å². The molecule has 0 heterocycles. The molecule has 1 rings (SSSR count). The van der Waals surface area contributed by atoms with E-state index in [2.05, 4.69) is 15.9 Å². The molecule has 76 valence electrons. The molecule has 0 bridgehead atoms. The Morgan fingerprint density at radius 1 is 1.50 bits per heavy atom. The monoisotopic (exact) mass is 257 g/mol. The number of benzene rings is 1. The van der Waals surface area contributed by atoms with Crippen LogP contribution in [0, 0.1) is 17.0 Å². The van der Waals surface area contributed by atoms with E-state index in [1.807, 2.05) is 12.1 Å². The smallest absolute Gasteiger partial charge is 0.258 e. The molecule has 0 saturated carbocycles. The first-order valence-corrected chi connectivity index (χ1v) is 5.57. The van der Waals surface area contributed by atoms with Crippen molar-refractivity contribution in [3.63, 3.8) is 0 Å². The Morgan fingerprint density at radius 2 is 2.21 bits per heavy atom. The standard InChI is InChI=1S/C10H12BrNO2/c1-8-4-5-9(3-2-6-11)7-10(8)12(13)14/h4-5,7H,2-3,6H2,1H3. The van der Waals surface area contributed by atoms with Gasteiger partial charge in [-0.2, -0.15) is 0 Å². The third kappa shape index (κ3) is 2.80. The van der Waals surface area contributed by atoms with E-state index in [0.29, 0.717) is 0 Å². The van der Waals surface area contributed by atoms with Crippen molar-refractivity contribution in [1.29, 1.82) is 0 Å². The molecule has 0 fully saturated rings. The molecular formula is C10H12BrNO2. The zero-order valence-corrected chi connectivity index (χ0v) is 9.58. The summed E-state index contributed by atoms with van der Waals surface area (Å²) in [5.41, 5.74) is 1.97. The Labute approximate surface area is 91.4 Å². The van der Waals surface area contributed by atoms with Crippen LogP contribution in [0.5, 0.6) is 0 Å². The van der Waals surface area contributed by atoms with Crippen molar-refractivity contribution in [1.82, 2.24) is 0 Å². The zero-order valence-electron chi connectivity index (χ0n) is 8.00. The van der Waals surface area contributed by atoms with Gasteiger partial charge in [0.2, 0.25) is 0 Å². The van der Waals surface area contributed by atoms with Gasteiger partial charge < -0.3 is 0 Å². The molecule has 0 saturated heterocycles. The molecule has 0 amide bonds. The van der Waals surface area contributed by atoms with E-state index < -0.39 is 0 Å². The molecule has 1 aromatic rings. The Morgan fingerprint density at radius 3 is 2.79 bits per heavy atom. The van der Waals surface area contributed by atoms with Crippen LogP contribution in [0.1, 0.15) is 17.5 Å². The van der Waals surface area contributed by atoms with Crippen LogP contribution in [0.3, 0.4) is 0 Å². The van der Waals surface area contributed by atoms with Crippen LogP contribution < -0.4 is 0 Å². The Kier molecular flexibility index (Phi) is 4.07. The first-order valence-electron chi connectivity index (χ1n) is 4.45. The second-order valence-electron chi connectivity index (χ2n) is 3.17. The molecule has 0 atom stereocenters. The van der Waals surface area contributed by atoms with Gasteiger partial charge in [0.1, 0.15) is 0 Å². The fourth-order valence-corrected chi connectivity index (χ4v) is 1.56. The lowest BCUT2D eigenvalue weighted by atomic mass is 10.1. The molecule has 0 N–H and O–H groups in total. The molecule has 0 radical (unpaired) electrons. The highest BCUT2D eigenvalue weighted by atomic mass is 79.9. The van der Waals surface area contributed by atoms with Crippen molar-refractivity contribution in [2.24, 2.45) is 0 Å². The van der Waals surface area contributed by atoms with Gasteiger partial charge in [-0.3, -0.25) is 10.1 Å². The molecule has 0 aliphatic carbocycles. The summed E-state index contributed by atoms with van der Waals surface area (Å²) in [6, 6.07) is 5.42. The molecule has 4 heteroatoms. The Bertz CT molecular complexity index is 339. The summed E-state index contributed by atoms with van der Waals surface area (Å²) in [5.74, 6) is 0. The third-order valence-corrected chi connectivity index (χ3v) is 2.63. The summed E-state index contributed by atoms with van der Waals surface area (Å²) in [4.78, 5) is 10.3. The Hall–Kier alpha value is -0.900. The van der Waals surface area contributed by atoms with E-state index in [9.17, 15) is 10.1 Å². The zero-order chi connectivity index (χ0) is 10.6. The number of halogens is 1. The number of aryl methyl sites for hydroxylation is 2. The van der Waals surface area contributed by atoms with Crippen molar-refractivity contribution >= 4 is 21.6 Å². The van der Waals surface area contributed by atoms with E-state index >= 15 is 0 Å². The van der Waals surface area contributed by atoms with Crippen molar-refractivity contribution in [2.75, 3.05) is 5.33 Å². The largest absolute Gasteiger partial charge is 0.272 e. The normalized spacial score (nSPS) is 10.1. The van der Waals surface area contributed by atoms with Gasteiger partial charge in [0.05, 0.1) is 4.92 Å². The number of hydrogen-bond acceptors (Lipinski definition) is 2. The second kappa shape index (κ2) is 5.10. The van der Waals surface area contributed by atoms with Crippen molar-refractivity contribution in [3.05, 3.63) is 39.4 Å². The third-order valence-electron chi connectivity index (χ3n) is 2.07. The summed E-state index contributed by atoms with van der Waals surface area (Å²) in [6.45, 7) is 1.76. The number of rotatable bonds is 4. The summed E-state index contributed by atoms with van der Waals surface area (Å²) in [6.07, 6.45) is 1.88. The van der Waals surface area contributed by atoms with Gasteiger partial charge in [-0.05, 0) is 25.3 Å². The minimum atomic E-state index is -0.326. The lowest BCUT2D eigenvalue weighted by Gasteiger charge is -2.01. The molecule has 0 unspecified atom stereocenters. The van der Waals surface area contributed by atoms with Crippen LogP contribution in [0.25, 0.3) is 0 Å². The fraction of sp³-hybridized carbons (Fsp3) is 0.400. The quantitative estimate of drug-likeness (QED) is 0.472. The first kappa shape index (κ1) is 11.2. The van der Waals surface area contributed by atoms with Crippen LogP contribution in [0.4, 0.5) is 5.69 Å². The second-order valence-corrected chi connectivity index (χ2v) is 3.96. The molecule has 0 aliphatic heterocycles. The van der Waals surface area contributed by atoms with Gasteiger partial charge in [0.25, 0.3) is 5.69 Å².